The number of sulfonamides is 1. The van der Waals surface area contributed by atoms with Crippen LogP contribution in [0.1, 0.15) is 29.3 Å². The Morgan fingerprint density at radius 3 is 2.46 bits per heavy atom. The lowest BCUT2D eigenvalue weighted by Gasteiger charge is -2.16. The molecule has 0 aliphatic rings. The Morgan fingerprint density at radius 1 is 1.08 bits per heavy atom. The molecule has 0 aliphatic heterocycles. The molecule has 0 bridgehead atoms. The molecule has 24 heavy (non-hydrogen) atoms. The zero-order valence-corrected chi connectivity index (χ0v) is 14.7. The third-order valence-corrected chi connectivity index (χ3v) is 5.49. The highest BCUT2D eigenvalue weighted by Gasteiger charge is 2.21. The molecule has 0 radical (unpaired) electrons. The Labute approximate surface area is 143 Å². The average molecular weight is 346 g/mol. The SMILES string of the molecule is CCCN(C)S(=O)(=O)c1cccc(C(=O)NCc2ccccc2)c1. The van der Waals surface area contributed by atoms with Gasteiger partial charge in [0.05, 0.1) is 4.90 Å². The second kappa shape index (κ2) is 8.08. The Morgan fingerprint density at radius 2 is 1.79 bits per heavy atom. The molecule has 1 amide bonds. The van der Waals surface area contributed by atoms with Gasteiger partial charge in [0.25, 0.3) is 5.91 Å². The minimum Gasteiger partial charge on any atom is -0.348 e. The van der Waals surface area contributed by atoms with Crippen LogP contribution in [0, 0.1) is 0 Å². The van der Waals surface area contributed by atoms with Crippen LogP contribution in [0.25, 0.3) is 0 Å². The van der Waals surface area contributed by atoms with E-state index in [9.17, 15) is 13.2 Å². The Balaban J connectivity index is 2.13. The zero-order valence-electron chi connectivity index (χ0n) is 13.9. The topological polar surface area (TPSA) is 66.5 Å². The number of carbonyl (C=O) groups excluding carboxylic acids is 1. The number of nitrogens with one attached hydrogen (secondary N) is 1. The maximum absolute atomic E-state index is 12.5. The van der Waals surface area contributed by atoms with Gasteiger partial charge in [-0.05, 0) is 30.2 Å². The molecule has 5 nitrogen and oxygen atoms in total. The second-order valence-electron chi connectivity index (χ2n) is 5.52. The van der Waals surface area contributed by atoms with Crippen LogP contribution in [0.4, 0.5) is 0 Å². The first-order valence-corrected chi connectivity index (χ1v) is 9.27. The first kappa shape index (κ1) is 18.2. The van der Waals surface area contributed by atoms with Crippen molar-refractivity contribution < 1.29 is 13.2 Å². The van der Waals surface area contributed by atoms with Crippen LogP contribution in [0.5, 0.6) is 0 Å². The van der Waals surface area contributed by atoms with Crippen molar-refractivity contribution in [2.45, 2.75) is 24.8 Å². The van der Waals surface area contributed by atoms with Crippen molar-refractivity contribution in [3.8, 4) is 0 Å². The van der Waals surface area contributed by atoms with Gasteiger partial charge in [-0.1, -0.05) is 43.3 Å². The van der Waals surface area contributed by atoms with Crippen LogP contribution in [0.2, 0.25) is 0 Å². The zero-order chi connectivity index (χ0) is 17.6. The number of hydrogen-bond acceptors (Lipinski definition) is 3. The fraction of sp³-hybridized carbons (Fsp3) is 0.278. The summed E-state index contributed by atoms with van der Waals surface area (Å²) in [6.45, 7) is 2.75. The van der Waals surface area contributed by atoms with Crippen LogP contribution in [-0.2, 0) is 16.6 Å². The molecule has 0 spiro atoms. The number of benzene rings is 2. The monoisotopic (exact) mass is 346 g/mol. The quantitative estimate of drug-likeness (QED) is 0.838. The molecule has 2 aromatic rings. The third kappa shape index (κ3) is 4.43. The van der Waals surface area contributed by atoms with Gasteiger partial charge in [-0.25, -0.2) is 12.7 Å². The van der Waals surface area contributed by atoms with E-state index in [1.54, 1.807) is 19.2 Å². The number of amides is 1. The van der Waals surface area contributed by atoms with Crippen molar-refractivity contribution in [2.75, 3.05) is 13.6 Å². The van der Waals surface area contributed by atoms with Gasteiger partial charge in [-0.2, -0.15) is 0 Å². The van der Waals surface area contributed by atoms with Gasteiger partial charge < -0.3 is 5.32 Å². The lowest BCUT2D eigenvalue weighted by molar-refractivity contribution is 0.0950. The van der Waals surface area contributed by atoms with Gasteiger partial charge in [-0.15, -0.1) is 0 Å². The Hall–Kier alpha value is -2.18. The summed E-state index contributed by atoms with van der Waals surface area (Å²) in [6.07, 6.45) is 0.729. The van der Waals surface area contributed by atoms with E-state index in [-0.39, 0.29) is 10.8 Å². The molecule has 2 rings (SSSR count). The highest BCUT2D eigenvalue weighted by atomic mass is 32.2. The molecule has 0 aliphatic carbocycles. The lowest BCUT2D eigenvalue weighted by atomic mass is 10.2. The van der Waals surface area contributed by atoms with E-state index in [0.717, 1.165) is 12.0 Å². The largest absolute Gasteiger partial charge is 0.348 e. The minimum atomic E-state index is -3.57. The van der Waals surface area contributed by atoms with Crippen molar-refractivity contribution in [2.24, 2.45) is 0 Å². The molecule has 1 N–H and O–H groups in total. The van der Waals surface area contributed by atoms with Crippen molar-refractivity contribution in [3.05, 3.63) is 65.7 Å². The van der Waals surface area contributed by atoms with E-state index >= 15 is 0 Å². The van der Waals surface area contributed by atoms with E-state index in [4.69, 9.17) is 0 Å². The maximum Gasteiger partial charge on any atom is 0.251 e. The molecule has 0 atom stereocenters. The standard InChI is InChI=1S/C18H22N2O3S/c1-3-12-20(2)24(22,23)17-11-7-10-16(13-17)18(21)19-14-15-8-5-4-6-9-15/h4-11,13H,3,12,14H2,1-2H3,(H,19,21). The Bertz CT molecular complexity index is 789. The van der Waals surface area contributed by atoms with Crippen LogP contribution in [0.3, 0.4) is 0 Å². The molecule has 2 aromatic carbocycles. The third-order valence-electron chi connectivity index (χ3n) is 3.64. The predicted molar refractivity (Wildman–Crippen MR) is 94.2 cm³/mol. The normalized spacial score (nSPS) is 11.5. The molecular formula is C18H22N2O3S. The predicted octanol–water partition coefficient (Wildman–Crippen LogP) is 2.65. The highest BCUT2D eigenvalue weighted by Crippen LogP contribution is 2.16. The van der Waals surface area contributed by atoms with Gasteiger partial charge in [0.2, 0.25) is 10.0 Å². The van der Waals surface area contributed by atoms with E-state index in [0.29, 0.717) is 18.7 Å². The van der Waals surface area contributed by atoms with Gasteiger partial charge in [0, 0.05) is 25.7 Å². The van der Waals surface area contributed by atoms with Crippen molar-refractivity contribution in [1.82, 2.24) is 9.62 Å². The molecule has 0 unspecified atom stereocenters. The first-order valence-electron chi connectivity index (χ1n) is 7.83. The van der Waals surface area contributed by atoms with E-state index in [1.807, 2.05) is 37.3 Å². The Kier molecular flexibility index (Phi) is 6.11. The van der Waals surface area contributed by atoms with E-state index in [2.05, 4.69) is 5.32 Å². The number of rotatable bonds is 7. The molecule has 6 heteroatoms. The highest BCUT2D eigenvalue weighted by molar-refractivity contribution is 7.89. The van der Waals surface area contributed by atoms with Gasteiger partial charge >= 0.3 is 0 Å². The van der Waals surface area contributed by atoms with E-state index < -0.39 is 10.0 Å². The number of carbonyl (C=O) groups is 1. The summed E-state index contributed by atoms with van der Waals surface area (Å²) in [5.41, 5.74) is 1.31. The molecule has 0 aromatic heterocycles. The molecule has 0 saturated carbocycles. The van der Waals surface area contributed by atoms with Crippen LogP contribution >= 0.6 is 0 Å². The van der Waals surface area contributed by atoms with Gasteiger partial charge in [0.15, 0.2) is 0 Å². The van der Waals surface area contributed by atoms with Gasteiger partial charge in [0.1, 0.15) is 0 Å². The fourth-order valence-electron chi connectivity index (χ4n) is 2.29. The number of hydrogen-bond donors (Lipinski definition) is 1. The van der Waals surface area contributed by atoms with Crippen molar-refractivity contribution >= 4 is 15.9 Å². The summed E-state index contributed by atoms with van der Waals surface area (Å²) in [4.78, 5) is 12.4. The smallest absolute Gasteiger partial charge is 0.251 e. The first-order chi connectivity index (χ1) is 11.4. The summed E-state index contributed by atoms with van der Waals surface area (Å²) in [6, 6.07) is 15.7. The molecule has 0 heterocycles. The molecule has 128 valence electrons. The lowest BCUT2D eigenvalue weighted by Crippen LogP contribution is -2.28. The summed E-state index contributed by atoms with van der Waals surface area (Å²) in [5.74, 6) is -0.297. The number of nitrogens with zero attached hydrogens (tertiary/aromatic N) is 1. The molecular weight excluding hydrogens is 324 g/mol. The van der Waals surface area contributed by atoms with Crippen molar-refractivity contribution in [1.29, 1.82) is 0 Å². The summed E-state index contributed by atoms with van der Waals surface area (Å²) in [7, 11) is -2.03. The van der Waals surface area contributed by atoms with Crippen LogP contribution in [-0.4, -0.2) is 32.2 Å². The van der Waals surface area contributed by atoms with Crippen LogP contribution in [0.15, 0.2) is 59.5 Å². The molecule has 0 fully saturated rings. The summed E-state index contributed by atoms with van der Waals surface area (Å²) < 4.78 is 26.2. The van der Waals surface area contributed by atoms with Crippen molar-refractivity contribution in [3.63, 3.8) is 0 Å². The van der Waals surface area contributed by atoms with Crippen LogP contribution < -0.4 is 5.32 Å². The fourth-order valence-corrected chi connectivity index (χ4v) is 3.60. The summed E-state index contributed by atoms with van der Waals surface area (Å²) >= 11 is 0. The molecule has 0 saturated heterocycles. The van der Waals surface area contributed by atoms with E-state index in [1.165, 1.54) is 16.4 Å². The summed E-state index contributed by atoms with van der Waals surface area (Å²) in [5, 5.41) is 2.80. The average Bonchev–Trinajstić information content (AvgIpc) is 2.61. The maximum atomic E-state index is 12.5. The van der Waals surface area contributed by atoms with Gasteiger partial charge in [-0.3, -0.25) is 4.79 Å². The minimum absolute atomic E-state index is 0.130. The second-order valence-corrected chi connectivity index (χ2v) is 7.57.